The highest BCUT2D eigenvalue weighted by molar-refractivity contribution is 5.65. The molecular formula is C15H19N5O. The van der Waals surface area contributed by atoms with E-state index in [0.717, 1.165) is 18.7 Å². The number of hydrogen-bond donors (Lipinski definition) is 1. The SMILES string of the molecule is CN1C2CCC1CC(c1noc(-c3ncccc3N)n1)C2. The molecule has 6 heteroatoms. The van der Waals surface area contributed by atoms with Crippen molar-refractivity contribution in [2.75, 3.05) is 12.8 Å². The number of fused-ring (bicyclic) bond motifs is 2. The van der Waals surface area contributed by atoms with Crippen molar-refractivity contribution >= 4 is 5.69 Å². The lowest BCUT2D eigenvalue weighted by Crippen LogP contribution is -2.39. The van der Waals surface area contributed by atoms with Crippen molar-refractivity contribution < 1.29 is 4.52 Å². The fraction of sp³-hybridized carbons (Fsp3) is 0.533. The third-order valence-corrected chi connectivity index (χ3v) is 4.95. The molecule has 0 spiro atoms. The van der Waals surface area contributed by atoms with Crippen LogP contribution in [0.4, 0.5) is 5.69 Å². The third kappa shape index (κ3) is 2.10. The van der Waals surface area contributed by atoms with E-state index >= 15 is 0 Å². The van der Waals surface area contributed by atoms with Crippen LogP contribution >= 0.6 is 0 Å². The van der Waals surface area contributed by atoms with Crippen LogP contribution in [0.3, 0.4) is 0 Å². The van der Waals surface area contributed by atoms with E-state index in [1.165, 1.54) is 12.8 Å². The zero-order valence-electron chi connectivity index (χ0n) is 12.1. The van der Waals surface area contributed by atoms with Crippen LogP contribution < -0.4 is 5.73 Å². The minimum atomic E-state index is 0.390. The fourth-order valence-corrected chi connectivity index (χ4v) is 3.72. The van der Waals surface area contributed by atoms with Gasteiger partial charge in [0.2, 0.25) is 0 Å². The Morgan fingerprint density at radius 2 is 2.05 bits per heavy atom. The Balaban J connectivity index is 1.60. The maximum absolute atomic E-state index is 5.92. The van der Waals surface area contributed by atoms with Gasteiger partial charge in [-0.15, -0.1) is 0 Å². The number of aromatic nitrogens is 3. The number of nitrogen functional groups attached to an aromatic ring is 1. The van der Waals surface area contributed by atoms with Gasteiger partial charge in [-0.05, 0) is 44.9 Å². The number of pyridine rings is 1. The molecule has 2 N–H and O–H groups in total. The zero-order chi connectivity index (χ0) is 14.4. The number of piperidine rings is 1. The number of rotatable bonds is 2. The molecular weight excluding hydrogens is 266 g/mol. The molecule has 2 saturated heterocycles. The summed E-state index contributed by atoms with van der Waals surface area (Å²) in [6.07, 6.45) is 6.49. The lowest BCUT2D eigenvalue weighted by molar-refractivity contribution is 0.157. The molecule has 2 bridgehead atoms. The van der Waals surface area contributed by atoms with E-state index in [1.807, 2.05) is 0 Å². The van der Waals surface area contributed by atoms with Crippen molar-refractivity contribution in [1.29, 1.82) is 0 Å². The molecule has 2 aromatic rings. The van der Waals surface area contributed by atoms with Crippen LogP contribution in [0.5, 0.6) is 0 Å². The summed E-state index contributed by atoms with van der Waals surface area (Å²) in [5, 5.41) is 4.18. The second-order valence-electron chi connectivity index (χ2n) is 6.12. The highest BCUT2D eigenvalue weighted by Crippen LogP contribution is 2.41. The van der Waals surface area contributed by atoms with E-state index in [4.69, 9.17) is 10.3 Å². The average Bonchev–Trinajstić information content (AvgIpc) is 3.02. The summed E-state index contributed by atoms with van der Waals surface area (Å²) in [4.78, 5) is 11.3. The van der Waals surface area contributed by atoms with Gasteiger partial charge in [0.25, 0.3) is 5.89 Å². The van der Waals surface area contributed by atoms with Gasteiger partial charge in [0.1, 0.15) is 0 Å². The molecule has 6 nitrogen and oxygen atoms in total. The monoisotopic (exact) mass is 285 g/mol. The van der Waals surface area contributed by atoms with Crippen LogP contribution in [0.15, 0.2) is 22.9 Å². The fourth-order valence-electron chi connectivity index (χ4n) is 3.72. The Labute approximate surface area is 123 Å². The first-order valence-corrected chi connectivity index (χ1v) is 7.49. The summed E-state index contributed by atoms with van der Waals surface area (Å²) in [5.74, 6) is 1.62. The Bertz CT molecular complexity index is 641. The van der Waals surface area contributed by atoms with Gasteiger partial charge in [-0.3, -0.25) is 0 Å². The Kier molecular flexibility index (Phi) is 2.92. The molecule has 0 aromatic carbocycles. The Hall–Kier alpha value is -1.95. The van der Waals surface area contributed by atoms with Gasteiger partial charge in [-0.25, -0.2) is 4.98 Å². The maximum atomic E-state index is 5.92. The summed E-state index contributed by atoms with van der Waals surface area (Å²) < 4.78 is 5.39. The van der Waals surface area contributed by atoms with Crippen molar-refractivity contribution in [3.8, 4) is 11.6 Å². The molecule has 2 fully saturated rings. The van der Waals surface area contributed by atoms with Gasteiger partial charge >= 0.3 is 0 Å². The summed E-state index contributed by atoms with van der Waals surface area (Å²) in [6, 6.07) is 4.92. The lowest BCUT2D eigenvalue weighted by Gasteiger charge is -2.34. The molecule has 2 atom stereocenters. The molecule has 2 aliphatic heterocycles. The van der Waals surface area contributed by atoms with E-state index in [9.17, 15) is 0 Å². The second-order valence-corrected chi connectivity index (χ2v) is 6.12. The van der Waals surface area contributed by atoms with E-state index in [2.05, 4.69) is 27.1 Å². The number of nitrogens with zero attached hydrogens (tertiary/aromatic N) is 4. The second kappa shape index (κ2) is 4.80. The van der Waals surface area contributed by atoms with Gasteiger partial charge in [0.15, 0.2) is 11.5 Å². The lowest BCUT2D eigenvalue weighted by atomic mass is 9.90. The molecule has 110 valence electrons. The van der Waals surface area contributed by atoms with Gasteiger partial charge in [-0.1, -0.05) is 5.16 Å². The molecule has 2 unspecified atom stereocenters. The minimum absolute atomic E-state index is 0.390. The molecule has 21 heavy (non-hydrogen) atoms. The van der Waals surface area contributed by atoms with Gasteiger partial charge < -0.3 is 15.2 Å². The van der Waals surface area contributed by atoms with Crippen molar-refractivity contribution in [3.05, 3.63) is 24.2 Å². The minimum Gasteiger partial charge on any atom is -0.397 e. The standard InChI is InChI=1S/C15H19N5O/c1-20-10-4-5-11(20)8-9(7-10)14-18-15(21-19-14)13-12(16)3-2-6-17-13/h2-3,6,9-11H,4-5,7-8,16H2,1H3. The molecule has 0 radical (unpaired) electrons. The summed E-state index contributed by atoms with van der Waals surface area (Å²) in [6.45, 7) is 0. The van der Waals surface area contributed by atoms with E-state index < -0.39 is 0 Å². The summed E-state index contributed by atoms with van der Waals surface area (Å²) >= 11 is 0. The molecule has 2 aliphatic rings. The molecule has 0 saturated carbocycles. The van der Waals surface area contributed by atoms with Crippen molar-refractivity contribution in [2.45, 2.75) is 43.7 Å². The Morgan fingerprint density at radius 1 is 1.29 bits per heavy atom. The van der Waals surface area contributed by atoms with Crippen LogP contribution in [0.25, 0.3) is 11.6 Å². The van der Waals surface area contributed by atoms with E-state index in [-0.39, 0.29) is 0 Å². The van der Waals surface area contributed by atoms with Crippen LogP contribution in [0.2, 0.25) is 0 Å². The molecule has 0 aliphatic carbocycles. The molecule has 2 aromatic heterocycles. The van der Waals surface area contributed by atoms with E-state index in [1.54, 1.807) is 18.3 Å². The Morgan fingerprint density at radius 3 is 2.76 bits per heavy atom. The van der Waals surface area contributed by atoms with Gasteiger partial charge in [0, 0.05) is 24.2 Å². The first-order chi connectivity index (χ1) is 10.2. The predicted molar refractivity (Wildman–Crippen MR) is 78.5 cm³/mol. The van der Waals surface area contributed by atoms with Gasteiger partial charge in [0.05, 0.1) is 5.69 Å². The number of nitrogens with two attached hydrogens (primary N) is 1. The highest BCUT2D eigenvalue weighted by atomic mass is 16.5. The normalized spacial score (nSPS) is 28.9. The van der Waals surface area contributed by atoms with Crippen LogP contribution in [0, 0.1) is 0 Å². The topological polar surface area (TPSA) is 81.1 Å². The van der Waals surface area contributed by atoms with Crippen molar-refractivity contribution in [3.63, 3.8) is 0 Å². The van der Waals surface area contributed by atoms with Crippen LogP contribution in [-0.4, -0.2) is 39.2 Å². The largest absolute Gasteiger partial charge is 0.397 e. The van der Waals surface area contributed by atoms with Crippen molar-refractivity contribution in [1.82, 2.24) is 20.0 Å². The first kappa shape index (κ1) is 12.8. The molecule has 4 heterocycles. The zero-order valence-corrected chi connectivity index (χ0v) is 12.1. The summed E-state index contributed by atoms with van der Waals surface area (Å²) in [7, 11) is 2.23. The smallest absolute Gasteiger partial charge is 0.278 e. The first-order valence-electron chi connectivity index (χ1n) is 7.49. The van der Waals surface area contributed by atoms with Crippen molar-refractivity contribution in [2.24, 2.45) is 0 Å². The molecule has 4 rings (SSSR count). The number of anilines is 1. The maximum Gasteiger partial charge on any atom is 0.278 e. The van der Waals surface area contributed by atoms with E-state index in [0.29, 0.717) is 35.3 Å². The highest BCUT2D eigenvalue weighted by Gasteiger charge is 2.40. The third-order valence-electron chi connectivity index (χ3n) is 4.95. The van der Waals surface area contributed by atoms with Crippen LogP contribution in [-0.2, 0) is 0 Å². The number of hydrogen-bond acceptors (Lipinski definition) is 6. The summed E-state index contributed by atoms with van der Waals surface area (Å²) in [5.41, 5.74) is 7.06. The average molecular weight is 285 g/mol. The van der Waals surface area contributed by atoms with Crippen LogP contribution in [0.1, 0.15) is 37.4 Å². The van der Waals surface area contributed by atoms with Gasteiger partial charge in [-0.2, -0.15) is 4.98 Å². The quantitative estimate of drug-likeness (QED) is 0.909. The predicted octanol–water partition coefficient (Wildman–Crippen LogP) is 2.05. The molecule has 0 amide bonds.